The first kappa shape index (κ1) is 17.7. The molecule has 0 aromatic carbocycles. The lowest BCUT2D eigenvalue weighted by Crippen LogP contribution is -2.49. The molecule has 1 saturated heterocycles. The maximum atomic E-state index is 12.3. The number of piperidine rings is 1. The molecule has 20 heavy (non-hydrogen) atoms. The lowest BCUT2D eigenvalue weighted by atomic mass is 10.0. The van der Waals surface area contributed by atoms with E-state index in [2.05, 4.69) is 38.2 Å². The summed E-state index contributed by atoms with van der Waals surface area (Å²) in [7, 11) is 4.14. The molecule has 0 aromatic heterocycles. The lowest BCUT2D eigenvalue weighted by Gasteiger charge is -2.35. The van der Waals surface area contributed by atoms with Gasteiger partial charge in [-0.3, -0.25) is 4.90 Å². The van der Waals surface area contributed by atoms with Crippen LogP contribution in [0.25, 0.3) is 0 Å². The van der Waals surface area contributed by atoms with E-state index in [1.54, 1.807) is 0 Å². The Morgan fingerprint density at radius 3 is 2.15 bits per heavy atom. The molecule has 1 unspecified atom stereocenters. The molecule has 0 amide bonds. The van der Waals surface area contributed by atoms with Crippen LogP contribution in [-0.2, 0) is 0 Å². The first-order chi connectivity index (χ1) is 9.19. The molecule has 1 rings (SSSR count). The molecule has 1 fully saturated rings. The highest BCUT2D eigenvalue weighted by Gasteiger charge is 2.32. The zero-order chi connectivity index (χ0) is 15.3. The zero-order valence-electron chi connectivity index (χ0n) is 13.0. The van der Waals surface area contributed by atoms with E-state index in [-0.39, 0.29) is 0 Å². The molecule has 0 aliphatic carbocycles. The summed E-state index contributed by atoms with van der Waals surface area (Å²) >= 11 is 0. The SMILES string of the molecule is CC(C)C(CNC1CCN(CC(F)(F)F)CC1)N(C)C. The first-order valence-electron chi connectivity index (χ1n) is 7.38. The number of nitrogens with zero attached hydrogens (tertiary/aromatic N) is 2. The molecule has 0 aromatic rings. The largest absolute Gasteiger partial charge is 0.401 e. The summed E-state index contributed by atoms with van der Waals surface area (Å²) in [5.41, 5.74) is 0. The molecule has 3 nitrogen and oxygen atoms in total. The molecule has 0 spiro atoms. The van der Waals surface area contributed by atoms with Crippen LogP contribution in [0.4, 0.5) is 13.2 Å². The van der Waals surface area contributed by atoms with Crippen LogP contribution in [0.5, 0.6) is 0 Å². The van der Waals surface area contributed by atoms with Crippen molar-refractivity contribution in [2.24, 2.45) is 5.92 Å². The van der Waals surface area contributed by atoms with Gasteiger partial charge in [0.05, 0.1) is 6.54 Å². The molecular formula is C14H28F3N3. The Morgan fingerprint density at radius 1 is 1.20 bits per heavy atom. The Kier molecular flexibility index (Phi) is 6.75. The van der Waals surface area contributed by atoms with Gasteiger partial charge in [0.1, 0.15) is 0 Å². The van der Waals surface area contributed by atoms with Crippen molar-refractivity contribution in [3.8, 4) is 0 Å². The van der Waals surface area contributed by atoms with Crippen LogP contribution < -0.4 is 5.32 Å². The van der Waals surface area contributed by atoms with Crippen molar-refractivity contribution in [2.75, 3.05) is 40.3 Å². The second-order valence-electron chi connectivity index (χ2n) is 6.35. The minimum atomic E-state index is -4.08. The van der Waals surface area contributed by atoms with Gasteiger partial charge in [0.25, 0.3) is 0 Å². The summed E-state index contributed by atoms with van der Waals surface area (Å²) < 4.78 is 36.9. The number of likely N-dealkylation sites (tertiary alicyclic amines) is 1. The van der Waals surface area contributed by atoms with Gasteiger partial charge in [-0.2, -0.15) is 13.2 Å². The van der Waals surface area contributed by atoms with Crippen LogP contribution in [0.3, 0.4) is 0 Å². The molecular weight excluding hydrogens is 267 g/mol. The Balaban J connectivity index is 2.29. The Bertz CT molecular complexity index is 263. The van der Waals surface area contributed by atoms with Crippen molar-refractivity contribution in [3.05, 3.63) is 0 Å². The van der Waals surface area contributed by atoms with Gasteiger partial charge in [0, 0.05) is 18.6 Å². The van der Waals surface area contributed by atoms with E-state index < -0.39 is 12.7 Å². The van der Waals surface area contributed by atoms with E-state index in [0.717, 1.165) is 19.4 Å². The van der Waals surface area contributed by atoms with E-state index in [4.69, 9.17) is 0 Å². The molecule has 6 heteroatoms. The second kappa shape index (κ2) is 7.61. The van der Waals surface area contributed by atoms with Crippen molar-refractivity contribution >= 4 is 0 Å². The molecule has 1 heterocycles. The Labute approximate surface area is 120 Å². The fourth-order valence-electron chi connectivity index (χ4n) is 2.85. The molecule has 0 saturated carbocycles. The van der Waals surface area contributed by atoms with E-state index in [0.29, 0.717) is 31.1 Å². The van der Waals surface area contributed by atoms with Gasteiger partial charge >= 0.3 is 6.18 Å². The number of likely N-dealkylation sites (N-methyl/N-ethyl adjacent to an activating group) is 1. The second-order valence-corrected chi connectivity index (χ2v) is 6.35. The summed E-state index contributed by atoms with van der Waals surface area (Å²) in [6, 6.07) is 0.809. The lowest BCUT2D eigenvalue weighted by molar-refractivity contribution is -0.148. The van der Waals surface area contributed by atoms with Gasteiger partial charge in [0.15, 0.2) is 0 Å². The van der Waals surface area contributed by atoms with Gasteiger partial charge in [-0.1, -0.05) is 13.8 Å². The fourth-order valence-corrected chi connectivity index (χ4v) is 2.85. The standard InChI is InChI=1S/C14H28F3N3/c1-11(2)13(19(3)4)9-18-12-5-7-20(8-6-12)10-14(15,16)17/h11-13,18H,5-10H2,1-4H3. The molecule has 1 aliphatic heterocycles. The Morgan fingerprint density at radius 2 is 1.75 bits per heavy atom. The summed E-state index contributed by atoms with van der Waals surface area (Å²) in [4.78, 5) is 3.71. The maximum absolute atomic E-state index is 12.3. The number of hydrogen-bond acceptors (Lipinski definition) is 3. The predicted molar refractivity (Wildman–Crippen MR) is 75.8 cm³/mol. The third-order valence-corrected chi connectivity index (χ3v) is 4.04. The monoisotopic (exact) mass is 295 g/mol. The van der Waals surface area contributed by atoms with Crippen molar-refractivity contribution < 1.29 is 13.2 Å². The fraction of sp³-hybridized carbons (Fsp3) is 1.00. The highest BCUT2D eigenvalue weighted by atomic mass is 19.4. The summed E-state index contributed by atoms with van der Waals surface area (Å²) in [5.74, 6) is 0.558. The van der Waals surface area contributed by atoms with Gasteiger partial charge in [-0.15, -0.1) is 0 Å². The average molecular weight is 295 g/mol. The average Bonchev–Trinajstić information content (AvgIpc) is 2.28. The number of alkyl halides is 3. The van der Waals surface area contributed by atoms with Crippen LogP contribution in [0, 0.1) is 5.92 Å². The quantitative estimate of drug-likeness (QED) is 0.810. The number of hydrogen-bond donors (Lipinski definition) is 1. The molecule has 1 atom stereocenters. The van der Waals surface area contributed by atoms with Crippen molar-refractivity contribution in [2.45, 2.75) is 44.9 Å². The van der Waals surface area contributed by atoms with E-state index in [1.807, 2.05) is 0 Å². The highest BCUT2D eigenvalue weighted by Crippen LogP contribution is 2.20. The van der Waals surface area contributed by atoms with Crippen LogP contribution in [0.2, 0.25) is 0 Å². The Hall–Kier alpha value is -0.330. The minimum absolute atomic E-state index is 0.348. The molecule has 0 radical (unpaired) electrons. The van der Waals surface area contributed by atoms with Gasteiger partial charge in [-0.05, 0) is 45.9 Å². The van der Waals surface area contributed by atoms with Crippen LogP contribution in [0.1, 0.15) is 26.7 Å². The first-order valence-corrected chi connectivity index (χ1v) is 7.38. The van der Waals surface area contributed by atoms with Crippen LogP contribution in [0.15, 0.2) is 0 Å². The summed E-state index contributed by atoms with van der Waals surface area (Å²) in [6.07, 6.45) is -2.48. The minimum Gasteiger partial charge on any atom is -0.312 e. The maximum Gasteiger partial charge on any atom is 0.401 e. The number of rotatable bonds is 6. The van der Waals surface area contributed by atoms with Crippen LogP contribution >= 0.6 is 0 Å². The summed E-state index contributed by atoms with van der Waals surface area (Å²) in [5, 5.41) is 3.52. The molecule has 1 aliphatic rings. The number of halogens is 3. The van der Waals surface area contributed by atoms with Gasteiger partial charge < -0.3 is 10.2 Å². The third kappa shape index (κ3) is 6.41. The molecule has 1 N–H and O–H groups in total. The smallest absolute Gasteiger partial charge is 0.312 e. The predicted octanol–water partition coefficient (Wildman–Crippen LogP) is 2.19. The number of nitrogens with one attached hydrogen (secondary N) is 1. The van der Waals surface area contributed by atoms with Crippen LogP contribution in [-0.4, -0.2) is 68.3 Å². The molecule has 0 bridgehead atoms. The molecule has 120 valence electrons. The van der Waals surface area contributed by atoms with E-state index in [9.17, 15) is 13.2 Å². The van der Waals surface area contributed by atoms with E-state index in [1.165, 1.54) is 4.90 Å². The zero-order valence-corrected chi connectivity index (χ0v) is 13.0. The van der Waals surface area contributed by atoms with E-state index >= 15 is 0 Å². The van der Waals surface area contributed by atoms with Gasteiger partial charge in [-0.25, -0.2) is 0 Å². The topological polar surface area (TPSA) is 18.5 Å². The van der Waals surface area contributed by atoms with Crippen molar-refractivity contribution in [1.29, 1.82) is 0 Å². The summed E-state index contributed by atoms with van der Waals surface area (Å²) in [6.45, 7) is 5.58. The van der Waals surface area contributed by atoms with Gasteiger partial charge in [0.2, 0.25) is 0 Å². The normalized spacial score (nSPS) is 20.9. The van der Waals surface area contributed by atoms with Crippen molar-refractivity contribution in [1.82, 2.24) is 15.1 Å². The third-order valence-electron chi connectivity index (χ3n) is 4.04. The highest BCUT2D eigenvalue weighted by molar-refractivity contribution is 4.81. The van der Waals surface area contributed by atoms with Crippen molar-refractivity contribution in [3.63, 3.8) is 0 Å².